The normalized spacial score (nSPS) is 49.9. The predicted molar refractivity (Wildman–Crippen MR) is 122 cm³/mol. The number of hydrogen-bond donors (Lipinski definition) is 2. The van der Waals surface area contributed by atoms with Gasteiger partial charge >= 0.3 is 5.97 Å². The highest BCUT2D eigenvalue weighted by atomic mass is 16.6. The van der Waals surface area contributed by atoms with Gasteiger partial charge in [0.1, 0.15) is 5.60 Å². The third-order valence-electron chi connectivity index (χ3n) is 10.7. The van der Waals surface area contributed by atoms with Gasteiger partial charge < -0.3 is 19.7 Å². The van der Waals surface area contributed by atoms with Crippen LogP contribution in [0.25, 0.3) is 0 Å². The molecule has 2 N–H and O–H groups in total. The quantitative estimate of drug-likeness (QED) is 0.341. The molecule has 5 nitrogen and oxygen atoms in total. The lowest BCUT2D eigenvalue weighted by atomic mass is 9.46. The topological polar surface area (TPSA) is 79.3 Å². The summed E-state index contributed by atoms with van der Waals surface area (Å²) in [6.07, 6.45) is 10.3. The van der Waals surface area contributed by atoms with E-state index in [1.807, 2.05) is 0 Å². The molecule has 4 saturated carbocycles. The van der Waals surface area contributed by atoms with E-state index < -0.39 is 0 Å². The van der Waals surface area contributed by atoms with Crippen molar-refractivity contribution in [3.8, 4) is 0 Å². The number of carbonyl (C=O) groups is 1. The van der Waals surface area contributed by atoms with E-state index >= 15 is 0 Å². The maximum absolute atomic E-state index is 12.1. The first-order valence-corrected chi connectivity index (χ1v) is 13.5. The third-order valence-corrected chi connectivity index (χ3v) is 10.7. The van der Waals surface area contributed by atoms with Gasteiger partial charge in [-0.1, -0.05) is 27.2 Å². The van der Waals surface area contributed by atoms with Crippen LogP contribution in [-0.2, 0) is 14.3 Å². The predicted octanol–water partition coefficient (Wildman–Crippen LogP) is 4.48. The standard InChI is InChI=1S/C27H44O5/c1-4-5-12-31-24(30)9-6-16(2)19-7-8-20-25-21(15-23-27(19,20)32-23)26(3)11-10-18(28)13-17(26)14-22(25)29/h16-23,25,28-29H,4-15H2,1-3H3. The average molecular weight is 449 g/mol. The van der Waals surface area contributed by atoms with Crippen molar-refractivity contribution in [2.45, 2.75) is 115 Å². The van der Waals surface area contributed by atoms with E-state index in [9.17, 15) is 15.0 Å². The first kappa shape index (κ1) is 23.1. The Balaban J connectivity index is 1.26. The molecule has 5 aliphatic rings. The molecule has 1 aliphatic heterocycles. The largest absolute Gasteiger partial charge is 0.466 e. The van der Waals surface area contributed by atoms with E-state index in [4.69, 9.17) is 9.47 Å². The molecule has 5 heteroatoms. The van der Waals surface area contributed by atoms with Crippen LogP contribution in [0.3, 0.4) is 0 Å². The molecule has 0 bridgehead atoms. The van der Waals surface area contributed by atoms with E-state index in [1.165, 1.54) is 0 Å². The van der Waals surface area contributed by atoms with E-state index in [2.05, 4.69) is 20.8 Å². The molecule has 1 saturated heterocycles. The Labute approximate surface area is 193 Å². The van der Waals surface area contributed by atoms with Crippen LogP contribution < -0.4 is 0 Å². The van der Waals surface area contributed by atoms with E-state index in [1.54, 1.807) is 0 Å². The first-order chi connectivity index (χ1) is 15.3. The number of unbranched alkanes of at least 4 members (excludes halogenated alkanes) is 1. The minimum atomic E-state index is -0.266. The van der Waals surface area contributed by atoms with Gasteiger partial charge in [-0.2, -0.15) is 0 Å². The molecule has 0 aromatic carbocycles. The van der Waals surface area contributed by atoms with Crippen molar-refractivity contribution < 1.29 is 24.5 Å². The summed E-state index contributed by atoms with van der Waals surface area (Å²) in [5.41, 5.74) is 0.179. The number of aliphatic hydroxyl groups is 2. The fraction of sp³-hybridized carbons (Fsp3) is 0.963. The number of rotatable bonds is 7. The average Bonchev–Trinajstić information content (AvgIpc) is 3.36. The van der Waals surface area contributed by atoms with Crippen molar-refractivity contribution in [1.29, 1.82) is 0 Å². The summed E-state index contributed by atoms with van der Waals surface area (Å²) in [5.74, 6) is 2.61. The molecule has 32 heavy (non-hydrogen) atoms. The number of aliphatic hydroxyl groups excluding tert-OH is 2. The molecular formula is C27H44O5. The lowest BCUT2D eigenvalue weighted by Crippen LogP contribution is -2.59. The van der Waals surface area contributed by atoms with Crippen molar-refractivity contribution in [2.24, 2.45) is 40.9 Å². The van der Waals surface area contributed by atoms with Crippen molar-refractivity contribution >= 4 is 5.97 Å². The molecule has 0 aromatic heterocycles. The second-order valence-electron chi connectivity index (χ2n) is 12.2. The second-order valence-corrected chi connectivity index (χ2v) is 12.2. The highest BCUT2D eigenvalue weighted by Gasteiger charge is 2.76. The summed E-state index contributed by atoms with van der Waals surface area (Å²) in [6, 6.07) is 0. The fourth-order valence-corrected chi connectivity index (χ4v) is 8.97. The number of fused-ring (bicyclic) bond motifs is 4. The first-order valence-electron chi connectivity index (χ1n) is 13.5. The molecule has 11 unspecified atom stereocenters. The maximum Gasteiger partial charge on any atom is 0.305 e. The minimum absolute atomic E-state index is 0.0505. The Morgan fingerprint density at radius 1 is 1.16 bits per heavy atom. The summed E-state index contributed by atoms with van der Waals surface area (Å²) in [4.78, 5) is 12.1. The van der Waals surface area contributed by atoms with Crippen LogP contribution in [0.5, 0.6) is 0 Å². The van der Waals surface area contributed by atoms with Gasteiger partial charge in [0.15, 0.2) is 0 Å². The van der Waals surface area contributed by atoms with Gasteiger partial charge in [-0.3, -0.25) is 4.79 Å². The number of carbonyl (C=O) groups excluding carboxylic acids is 1. The Morgan fingerprint density at radius 2 is 1.97 bits per heavy atom. The SMILES string of the molecule is CCCCOC(=O)CCC(C)C1CCC2C3C(O)CC4CC(O)CCC4(C)C3CC3OC312. The Hall–Kier alpha value is -0.650. The maximum atomic E-state index is 12.1. The molecule has 0 amide bonds. The van der Waals surface area contributed by atoms with Crippen LogP contribution >= 0.6 is 0 Å². The van der Waals surface area contributed by atoms with Crippen LogP contribution in [-0.4, -0.2) is 46.7 Å². The minimum Gasteiger partial charge on any atom is -0.466 e. The molecule has 0 radical (unpaired) electrons. The number of ether oxygens (including phenoxy) is 2. The molecule has 4 aliphatic carbocycles. The van der Waals surface area contributed by atoms with Crippen LogP contribution in [0.4, 0.5) is 0 Å². The van der Waals surface area contributed by atoms with Gasteiger partial charge in [-0.25, -0.2) is 0 Å². The van der Waals surface area contributed by atoms with Gasteiger partial charge in [0, 0.05) is 6.42 Å². The monoisotopic (exact) mass is 448 g/mol. The highest BCUT2D eigenvalue weighted by Crippen LogP contribution is 2.72. The number of epoxide rings is 1. The zero-order valence-corrected chi connectivity index (χ0v) is 20.3. The third kappa shape index (κ3) is 3.56. The van der Waals surface area contributed by atoms with Crippen molar-refractivity contribution in [3.63, 3.8) is 0 Å². The van der Waals surface area contributed by atoms with Crippen LogP contribution in [0, 0.1) is 40.9 Å². The van der Waals surface area contributed by atoms with Gasteiger partial charge in [-0.05, 0) is 98.7 Å². The molecule has 1 spiro atoms. The van der Waals surface area contributed by atoms with Gasteiger partial charge in [0.2, 0.25) is 0 Å². The Morgan fingerprint density at radius 3 is 2.75 bits per heavy atom. The number of esters is 1. The van der Waals surface area contributed by atoms with Gasteiger partial charge in [0.25, 0.3) is 0 Å². The van der Waals surface area contributed by atoms with Crippen molar-refractivity contribution in [3.05, 3.63) is 0 Å². The lowest BCUT2D eigenvalue weighted by Gasteiger charge is -2.59. The van der Waals surface area contributed by atoms with Crippen molar-refractivity contribution in [2.75, 3.05) is 6.61 Å². The van der Waals surface area contributed by atoms with E-state index in [0.717, 1.165) is 64.2 Å². The van der Waals surface area contributed by atoms with Crippen LogP contribution in [0.15, 0.2) is 0 Å². The molecule has 5 fully saturated rings. The second kappa shape index (κ2) is 8.53. The molecule has 1 heterocycles. The summed E-state index contributed by atoms with van der Waals surface area (Å²) >= 11 is 0. The van der Waals surface area contributed by atoms with Gasteiger partial charge in [0.05, 0.1) is 24.9 Å². The highest BCUT2D eigenvalue weighted by molar-refractivity contribution is 5.69. The molecular weight excluding hydrogens is 404 g/mol. The van der Waals surface area contributed by atoms with Crippen molar-refractivity contribution in [1.82, 2.24) is 0 Å². The zero-order chi connectivity index (χ0) is 22.7. The Kier molecular flexibility index (Phi) is 6.16. The Bertz CT molecular complexity index is 710. The zero-order valence-electron chi connectivity index (χ0n) is 20.3. The molecule has 5 rings (SSSR count). The smallest absolute Gasteiger partial charge is 0.305 e. The summed E-state index contributed by atoms with van der Waals surface area (Å²) < 4.78 is 12.0. The summed E-state index contributed by atoms with van der Waals surface area (Å²) in [5, 5.41) is 21.6. The lowest BCUT2D eigenvalue weighted by molar-refractivity contribution is -0.150. The van der Waals surface area contributed by atoms with E-state index in [-0.39, 0.29) is 29.2 Å². The van der Waals surface area contributed by atoms with E-state index in [0.29, 0.717) is 54.6 Å². The van der Waals surface area contributed by atoms with Crippen LogP contribution in [0.1, 0.15) is 91.4 Å². The van der Waals surface area contributed by atoms with Crippen LogP contribution in [0.2, 0.25) is 0 Å². The van der Waals surface area contributed by atoms with Gasteiger partial charge in [-0.15, -0.1) is 0 Å². The molecule has 182 valence electrons. The number of hydrogen-bond acceptors (Lipinski definition) is 5. The molecule has 0 aromatic rings. The molecule has 11 atom stereocenters. The summed E-state index contributed by atoms with van der Waals surface area (Å²) in [6.45, 7) is 7.39. The fourth-order valence-electron chi connectivity index (χ4n) is 8.97. The summed E-state index contributed by atoms with van der Waals surface area (Å²) in [7, 11) is 0.